The van der Waals surface area contributed by atoms with E-state index in [-0.39, 0.29) is 0 Å². The Morgan fingerprint density at radius 1 is 1.32 bits per heavy atom. The molecule has 1 aliphatic rings. The number of rotatable bonds is 4. The van der Waals surface area contributed by atoms with Crippen LogP contribution in [0.2, 0.25) is 0 Å². The van der Waals surface area contributed by atoms with E-state index in [0.717, 1.165) is 18.4 Å². The SMILES string of the molecule is Cc1ccccc1N(C)C(CN)C1CCCC(C)C1. The van der Waals surface area contributed by atoms with Crippen molar-refractivity contribution in [2.24, 2.45) is 17.6 Å². The van der Waals surface area contributed by atoms with Gasteiger partial charge in [-0.05, 0) is 43.2 Å². The second kappa shape index (κ2) is 6.42. The predicted molar refractivity (Wildman–Crippen MR) is 83.5 cm³/mol. The Bertz CT molecular complexity index is 402. The van der Waals surface area contributed by atoms with Crippen LogP contribution < -0.4 is 10.6 Å². The molecule has 0 amide bonds. The first-order chi connectivity index (χ1) is 9.13. The molecule has 1 aromatic carbocycles. The molecule has 19 heavy (non-hydrogen) atoms. The minimum absolute atomic E-state index is 0.476. The van der Waals surface area contributed by atoms with Gasteiger partial charge in [-0.15, -0.1) is 0 Å². The van der Waals surface area contributed by atoms with Gasteiger partial charge in [-0.1, -0.05) is 38.0 Å². The number of likely N-dealkylation sites (N-methyl/N-ethyl adjacent to an activating group) is 1. The van der Waals surface area contributed by atoms with Crippen LogP contribution >= 0.6 is 0 Å². The molecule has 2 N–H and O–H groups in total. The topological polar surface area (TPSA) is 29.3 Å². The molecule has 0 radical (unpaired) electrons. The Morgan fingerprint density at radius 2 is 2.05 bits per heavy atom. The van der Waals surface area contributed by atoms with Gasteiger partial charge in [0, 0.05) is 25.3 Å². The summed E-state index contributed by atoms with van der Waals surface area (Å²) in [7, 11) is 2.21. The minimum Gasteiger partial charge on any atom is -0.370 e. The zero-order chi connectivity index (χ0) is 13.8. The molecule has 1 aliphatic carbocycles. The molecule has 1 saturated carbocycles. The molecule has 2 heteroatoms. The maximum absolute atomic E-state index is 6.10. The summed E-state index contributed by atoms with van der Waals surface area (Å²) in [6, 6.07) is 9.10. The number of hydrogen-bond acceptors (Lipinski definition) is 2. The smallest absolute Gasteiger partial charge is 0.0437 e. The van der Waals surface area contributed by atoms with Gasteiger partial charge in [0.2, 0.25) is 0 Å². The maximum Gasteiger partial charge on any atom is 0.0437 e. The van der Waals surface area contributed by atoms with E-state index >= 15 is 0 Å². The first-order valence-corrected chi connectivity index (χ1v) is 7.62. The van der Waals surface area contributed by atoms with Crippen molar-refractivity contribution < 1.29 is 0 Å². The van der Waals surface area contributed by atoms with Crippen LogP contribution in [0.4, 0.5) is 5.69 Å². The monoisotopic (exact) mass is 260 g/mol. The number of para-hydroxylation sites is 1. The van der Waals surface area contributed by atoms with E-state index in [9.17, 15) is 0 Å². The first kappa shape index (κ1) is 14.4. The van der Waals surface area contributed by atoms with Crippen LogP contribution in [0.15, 0.2) is 24.3 Å². The lowest BCUT2D eigenvalue weighted by atomic mass is 9.78. The van der Waals surface area contributed by atoms with Crippen molar-refractivity contribution in [3.8, 4) is 0 Å². The highest BCUT2D eigenvalue weighted by Gasteiger charge is 2.29. The van der Waals surface area contributed by atoms with E-state index in [4.69, 9.17) is 5.73 Å². The third kappa shape index (κ3) is 3.30. The average Bonchev–Trinajstić information content (AvgIpc) is 2.40. The lowest BCUT2D eigenvalue weighted by Crippen LogP contribution is -2.45. The summed E-state index contributed by atoms with van der Waals surface area (Å²) in [6.07, 6.45) is 5.42. The molecule has 0 aliphatic heterocycles. The molecular weight excluding hydrogens is 232 g/mol. The quantitative estimate of drug-likeness (QED) is 0.896. The van der Waals surface area contributed by atoms with E-state index in [1.807, 2.05) is 0 Å². The van der Waals surface area contributed by atoms with E-state index in [1.165, 1.54) is 36.9 Å². The lowest BCUT2D eigenvalue weighted by Gasteiger charge is -2.39. The number of anilines is 1. The fraction of sp³-hybridized carbons (Fsp3) is 0.647. The molecule has 1 fully saturated rings. The van der Waals surface area contributed by atoms with Gasteiger partial charge < -0.3 is 10.6 Å². The molecule has 2 rings (SSSR count). The predicted octanol–water partition coefficient (Wildman–Crippen LogP) is 3.58. The van der Waals surface area contributed by atoms with Gasteiger partial charge >= 0.3 is 0 Å². The number of nitrogens with zero attached hydrogens (tertiary/aromatic N) is 1. The molecular formula is C17H28N2. The second-order valence-corrected chi connectivity index (χ2v) is 6.23. The fourth-order valence-corrected chi connectivity index (χ4v) is 3.64. The van der Waals surface area contributed by atoms with Crippen LogP contribution in [0.5, 0.6) is 0 Å². The van der Waals surface area contributed by atoms with Gasteiger partial charge in [0.1, 0.15) is 0 Å². The van der Waals surface area contributed by atoms with Crippen molar-refractivity contribution in [1.82, 2.24) is 0 Å². The van der Waals surface area contributed by atoms with Crippen molar-refractivity contribution in [3.63, 3.8) is 0 Å². The van der Waals surface area contributed by atoms with E-state index in [2.05, 4.69) is 50.1 Å². The standard InChI is InChI=1S/C17H28N2/c1-13-7-6-9-15(11-13)17(12-18)19(3)16-10-5-4-8-14(16)2/h4-5,8,10,13,15,17H,6-7,9,11-12,18H2,1-3H3. The minimum atomic E-state index is 0.476. The Morgan fingerprint density at radius 3 is 2.68 bits per heavy atom. The summed E-state index contributed by atoms with van der Waals surface area (Å²) in [6.45, 7) is 5.32. The van der Waals surface area contributed by atoms with E-state index < -0.39 is 0 Å². The number of benzene rings is 1. The molecule has 0 spiro atoms. The first-order valence-electron chi connectivity index (χ1n) is 7.62. The van der Waals surface area contributed by atoms with E-state index in [1.54, 1.807) is 0 Å². The lowest BCUT2D eigenvalue weighted by molar-refractivity contribution is 0.245. The van der Waals surface area contributed by atoms with Crippen LogP contribution in [-0.4, -0.2) is 19.6 Å². The maximum atomic E-state index is 6.10. The van der Waals surface area contributed by atoms with Gasteiger partial charge in [0.05, 0.1) is 0 Å². The molecule has 3 unspecified atom stereocenters. The van der Waals surface area contributed by atoms with E-state index in [0.29, 0.717) is 6.04 Å². The third-order valence-electron chi connectivity index (χ3n) is 4.76. The van der Waals surface area contributed by atoms with Crippen molar-refractivity contribution in [2.45, 2.75) is 45.6 Å². The Kier molecular flexibility index (Phi) is 4.87. The van der Waals surface area contributed by atoms with Crippen molar-refractivity contribution in [1.29, 1.82) is 0 Å². The summed E-state index contributed by atoms with van der Waals surface area (Å²) in [5.74, 6) is 1.61. The summed E-state index contributed by atoms with van der Waals surface area (Å²) in [5.41, 5.74) is 8.77. The number of aryl methyl sites for hydroxylation is 1. The third-order valence-corrected chi connectivity index (χ3v) is 4.76. The highest BCUT2D eigenvalue weighted by atomic mass is 15.1. The number of hydrogen-bond donors (Lipinski definition) is 1. The highest BCUT2D eigenvalue weighted by Crippen LogP contribution is 2.34. The Balaban J connectivity index is 2.15. The summed E-state index contributed by atoms with van der Waals surface area (Å²) >= 11 is 0. The zero-order valence-electron chi connectivity index (χ0n) is 12.6. The molecule has 1 aromatic rings. The Labute approximate surface area is 118 Å². The summed E-state index contributed by atoms with van der Waals surface area (Å²) < 4.78 is 0. The molecule has 3 atom stereocenters. The zero-order valence-corrected chi connectivity index (χ0v) is 12.6. The molecule has 106 valence electrons. The van der Waals surface area contributed by atoms with Crippen LogP contribution in [0.3, 0.4) is 0 Å². The average molecular weight is 260 g/mol. The van der Waals surface area contributed by atoms with Gasteiger partial charge in [-0.25, -0.2) is 0 Å². The molecule has 0 bridgehead atoms. The largest absolute Gasteiger partial charge is 0.370 e. The van der Waals surface area contributed by atoms with Crippen molar-refractivity contribution in [2.75, 3.05) is 18.5 Å². The van der Waals surface area contributed by atoms with Crippen LogP contribution in [0.1, 0.15) is 38.2 Å². The normalized spacial score (nSPS) is 25.1. The molecule has 0 aromatic heterocycles. The van der Waals surface area contributed by atoms with Crippen molar-refractivity contribution >= 4 is 5.69 Å². The van der Waals surface area contributed by atoms with Crippen LogP contribution in [-0.2, 0) is 0 Å². The fourth-order valence-electron chi connectivity index (χ4n) is 3.64. The van der Waals surface area contributed by atoms with Gasteiger partial charge in [-0.2, -0.15) is 0 Å². The Hall–Kier alpha value is -1.02. The summed E-state index contributed by atoms with van der Waals surface area (Å²) in [4.78, 5) is 2.41. The highest BCUT2D eigenvalue weighted by molar-refractivity contribution is 5.53. The second-order valence-electron chi connectivity index (χ2n) is 6.23. The number of nitrogens with two attached hydrogens (primary N) is 1. The summed E-state index contributed by atoms with van der Waals surface area (Å²) in [5, 5.41) is 0. The van der Waals surface area contributed by atoms with Gasteiger partial charge in [0.15, 0.2) is 0 Å². The molecule has 0 saturated heterocycles. The van der Waals surface area contributed by atoms with Crippen molar-refractivity contribution in [3.05, 3.63) is 29.8 Å². The van der Waals surface area contributed by atoms with Crippen LogP contribution in [0.25, 0.3) is 0 Å². The molecule has 2 nitrogen and oxygen atoms in total. The molecule has 0 heterocycles. The van der Waals surface area contributed by atoms with Gasteiger partial charge in [0.25, 0.3) is 0 Å². The van der Waals surface area contributed by atoms with Gasteiger partial charge in [-0.3, -0.25) is 0 Å². The van der Waals surface area contributed by atoms with Crippen LogP contribution in [0, 0.1) is 18.8 Å².